The van der Waals surface area contributed by atoms with Crippen molar-refractivity contribution >= 4 is 38.1 Å². The summed E-state index contributed by atoms with van der Waals surface area (Å²) < 4.78 is 74.7. The van der Waals surface area contributed by atoms with Gasteiger partial charge in [0.25, 0.3) is 10.0 Å². The van der Waals surface area contributed by atoms with Gasteiger partial charge in [-0.2, -0.15) is 13.2 Å². The summed E-state index contributed by atoms with van der Waals surface area (Å²) in [6.45, 7) is 1.20. The normalized spacial score (nSPS) is 17.6. The standard InChI is InChI=1S/C22H20ClF3N2O3S/c1-28-11-10-15(13-28)31-20-12-14(8-9-18(20)22(24,25)26)27-32(29,30)21-7-3-4-16-17(21)5-2-6-19(16)23/h2-9,12,15,27H,10-11,13H2,1H3. The lowest BCUT2D eigenvalue weighted by Gasteiger charge is -2.20. The van der Waals surface area contributed by atoms with E-state index in [1.165, 1.54) is 6.07 Å². The molecule has 3 aromatic rings. The zero-order valence-electron chi connectivity index (χ0n) is 17.0. The number of alkyl halides is 3. The number of hydrogen-bond donors (Lipinski definition) is 1. The van der Waals surface area contributed by atoms with Gasteiger partial charge in [-0.05, 0) is 37.7 Å². The van der Waals surface area contributed by atoms with E-state index in [-0.39, 0.29) is 10.6 Å². The summed E-state index contributed by atoms with van der Waals surface area (Å²) >= 11 is 6.17. The molecule has 0 aromatic heterocycles. The molecule has 170 valence electrons. The fraction of sp³-hybridized carbons (Fsp3) is 0.273. The zero-order valence-corrected chi connectivity index (χ0v) is 18.6. The first-order valence-corrected chi connectivity index (χ1v) is 11.7. The van der Waals surface area contributed by atoms with Gasteiger partial charge < -0.3 is 9.64 Å². The van der Waals surface area contributed by atoms with Crippen LogP contribution in [0.15, 0.2) is 59.5 Å². The number of ether oxygens (including phenoxy) is 1. The lowest BCUT2D eigenvalue weighted by atomic mass is 10.1. The van der Waals surface area contributed by atoms with Gasteiger partial charge in [-0.1, -0.05) is 35.9 Å². The predicted octanol–water partition coefficient (Wildman–Crippen LogP) is 5.40. The summed E-state index contributed by atoms with van der Waals surface area (Å²) in [5.41, 5.74) is -0.981. The third-order valence-corrected chi connectivity index (χ3v) is 7.07. The average Bonchev–Trinajstić information content (AvgIpc) is 3.11. The third kappa shape index (κ3) is 4.65. The molecular weight excluding hydrogens is 465 g/mol. The molecule has 1 aliphatic heterocycles. The molecular formula is C22H20ClF3N2O3S. The van der Waals surface area contributed by atoms with E-state index < -0.39 is 33.6 Å². The second-order valence-electron chi connectivity index (χ2n) is 7.70. The topological polar surface area (TPSA) is 58.6 Å². The van der Waals surface area contributed by atoms with E-state index in [2.05, 4.69) is 4.72 Å². The molecule has 0 bridgehead atoms. The highest BCUT2D eigenvalue weighted by atomic mass is 35.5. The van der Waals surface area contributed by atoms with Gasteiger partial charge in [-0.25, -0.2) is 8.42 Å². The maximum atomic E-state index is 13.5. The Morgan fingerprint density at radius 1 is 1.09 bits per heavy atom. The van der Waals surface area contributed by atoms with Gasteiger partial charge >= 0.3 is 6.18 Å². The van der Waals surface area contributed by atoms with Crippen molar-refractivity contribution in [3.63, 3.8) is 0 Å². The molecule has 1 fully saturated rings. The largest absolute Gasteiger partial charge is 0.488 e. The Morgan fingerprint density at radius 3 is 2.50 bits per heavy atom. The van der Waals surface area contributed by atoms with Crippen molar-refractivity contribution in [2.75, 3.05) is 24.9 Å². The van der Waals surface area contributed by atoms with Crippen LogP contribution in [-0.2, 0) is 16.2 Å². The monoisotopic (exact) mass is 484 g/mol. The second-order valence-corrected chi connectivity index (χ2v) is 9.75. The Balaban J connectivity index is 1.70. The van der Waals surface area contributed by atoms with E-state index in [9.17, 15) is 21.6 Å². The fourth-order valence-corrected chi connectivity index (χ4v) is 5.29. The predicted molar refractivity (Wildman–Crippen MR) is 118 cm³/mol. The van der Waals surface area contributed by atoms with Gasteiger partial charge in [0.2, 0.25) is 0 Å². The van der Waals surface area contributed by atoms with Gasteiger partial charge in [-0.3, -0.25) is 4.72 Å². The third-order valence-electron chi connectivity index (χ3n) is 5.30. The van der Waals surface area contributed by atoms with Crippen LogP contribution in [0.1, 0.15) is 12.0 Å². The summed E-state index contributed by atoms with van der Waals surface area (Å²) in [6, 6.07) is 12.5. The Kier molecular flexibility index (Phi) is 6.00. The Morgan fingerprint density at radius 2 is 1.81 bits per heavy atom. The zero-order chi connectivity index (χ0) is 23.1. The molecule has 1 unspecified atom stereocenters. The van der Waals surface area contributed by atoms with E-state index in [0.717, 1.165) is 18.2 Å². The quantitative estimate of drug-likeness (QED) is 0.527. The van der Waals surface area contributed by atoms with E-state index in [0.29, 0.717) is 35.3 Å². The number of rotatable bonds is 5. The molecule has 5 nitrogen and oxygen atoms in total. The minimum atomic E-state index is -4.64. The number of fused-ring (bicyclic) bond motifs is 1. The number of likely N-dealkylation sites (tertiary alicyclic amines) is 1. The number of benzene rings is 3. The Bertz CT molecular complexity index is 1270. The molecule has 10 heteroatoms. The summed E-state index contributed by atoms with van der Waals surface area (Å²) in [6.07, 6.45) is -4.46. The second kappa shape index (κ2) is 8.46. The summed E-state index contributed by atoms with van der Waals surface area (Å²) in [5.74, 6) is -0.404. The molecule has 1 aliphatic rings. The highest BCUT2D eigenvalue weighted by molar-refractivity contribution is 7.93. The van der Waals surface area contributed by atoms with Crippen molar-refractivity contribution in [3.8, 4) is 5.75 Å². The molecule has 0 spiro atoms. The minimum absolute atomic E-state index is 0.0293. The van der Waals surface area contributed by atoms with Crippen LogP contribution in [0.3, 0.4) is 0 Å². The van der Waals surface area contributed by atoms with Crippen molar-refractivity contribution in [3.05, 3.63) is 65.2 Å². The van der Waals surface area contributed by atoms with Crippen molar-refractivity contribution in [2.45, 2.75) is 23.6 Å². The van der Waals surface area contributed by atoms with Gasteiger partial charge in [0.05, 0.1) is 16.1 Å². The number of likely N-dealkylation sites (N-methyl/N-ethyl adjacent to an activating group) is 1. The number of sulfonamides is 1. The SMILES string of the molecule is CN1CCC(Oc2cc(NS(=O)(=O)c3cccc4c(Cl)cccc34)ccc2C(F)(F)F)C1. The summed E-state index contributed by atoms with van der Waals surface area (Å²) in [4.78, 5) is 1.92. The lowest BCUT2D eigenvalue weighted by Crippen LogP contribution is -2.23. The first-order valence-electron chi connectivity index (χ1n) is 9.81. The highest BCUT2D eigenvalue weighted by Crippen LogP contribution is 2.39. The summed E-state index contributed by atoms with van der Waals surface area (Å²) in [5, 5.41) is 1.36. The smallest absolute Gasteiger partial charge is 0.419 e. The molecule has 0 saturated carbocycles. The Hall–Kier alpha value is -2.49. The number of anilines is 1. The van der Waals surface area contributed by atoms with Gasteiger partial charge in [0.15, 0.2) is 0 Å². The average molecular weight is 485 g/mol. The maximum absolute atomic E-state index is 13.5. The number of hydrogen-bond acceptors (Lipinski definition) is 4. The molecule has 1 N–H and O–H groups in total. The Labute approximate surface area is 188 Å². The number of nitrogens with zero attached hydrogens (tertiary/aromatic N) is 1. The van der Waals surface area contributed by atoms with Crippen LogP contribution in [0.25, 0.3) is 10.8 Å². The van der Waals surface area contributed by atoms with Crippen LogP contribution < -0.4 is 9.46 Å². The fourth-order valence-electron chi connectivity index (χ4n) is 3.78. The van der Waals surface area contributed by atoms with E-state index in [1.807, 2.05) is 11.9 Å². The number of nitrogens with one attached hydrogen (secondary N) is 1. The molecule has 0 aliphatic carbocycles. The number of halogens is 4. The lowest BCUT2D eigenvalue weighted by molar-refractivity contribution is -0.139. The molecule has 3 aromatic carbocycles. The van der Waals surface area contributed by atoms with Crippen molar-refractivity contribution in [1.29, 1.82) is 0 Å². The van der Waals surface area contributed by atoms with Crippen LogP contribution in [0.2, 0.25) is 5.02 Å². The van der Waals surface area contributed by atoms with Crippen molar-refractivity contribution in [2.24, 2.45) is 0 Å². The molecule has 0 amide bonds. The molecule has 4 rings (SSSR count). The van der Waals surface area contributed by atoms with Crippen LogP contribution in [0, 0.1) is 0 Å². The van der Waals surface area contributed by atoms with Crippen LogP contribution in [-0.4, -0.2) is 39.6 Å². The van der Waals surface area contributed by atoms with Gasteiger partial charge in [-0.15, -0.1) is 0 Å². The maximum Gasteiger partial charge on any atom is 0.419 e. The molecule has 1 heterocycles. The van der Waals surface area contributed by atoms with E-state index in [1.54, 1.807) is 30.3 Å². The molecule has 1 saturated heterocycles. The highest BCUT2D eigenvalue weighted by Gasteiger charge is 2.36. The molecule has 1 atom stereocenters. The van der Waals surface area contributed by atoms with E-state index in [4.69, 9.17) is 16.3 Å². The van der Waals surface area contributed by atoms with Crippen molar-refractivity contribution in [1.82, 2.24) is 4.90 Å². The van der Waals surface area contributed by atoms with Gasteiger partial charge in [0, 0.05) is 35.0 Å². The first-order chi connectivity index (χ1) is 15.0. The molecule has 32 heavy (non-hydrogen) atoms. The molecule has 0 radical (unpaired) electrons. The first kappa shape index (κ1) is 22.7. The minimum Gasteiger partial charge on any atom is -0.488 e. The van der Waals surface area contributed by atoms with Crippen LogP contribution >= 0.6 is 11.6 Å². The van der Waals surface area contributed by atoms with Crippen LogP contribution in [0.5, 0.6) is 5.75 Å². The van der Waals surface area contributed by atoms with Crippen LogP contribution in [0.4, 0.5) is 18.9 Å². The van der Waals surface area contributed by atoms with E-state index >= 15 is 0 Å². The summed E-state index contributed by atoms with van der Waals surface area (Å²) in [7, 11) is -2.26. The van der Waals surface area contributed by atoms with Gasteiger partial charge in [0.1, 0.15) is 11.9 Å². The van der Waals surface area contributed by atoms with Crippen molar-refractivity contribution < 1.29 is 26.3 Å².